The average Bonchev–Trinajstić information content (AvgIpc) is 2.39. The minimum absolute atomic E-state index is 0.268. The van der Waals surface area contributed by atoms with E-state index in [9.17, 15) is 0 Å². The van der Waals surface area contributed by atoms with Gasteiger partial charge in [0.25, 0.3) is 0 Å². The van der Waals surface area contributed by atoms with Gasteiger partial charge in [-0.1, -0.05) is 29.3 Å². The first kappa shape index (κ1) is 13.5. The first-order chi connectivity index (χ1) is 9.11. The molecule has 5 heteroatoms. The monoisotopic (exact) mass is 291 g/mol. The molecule has 2 aromatic carbocycles. The third-order valence-electron chi connectivity index (χ3n) is 2.64. The first-order valence-electron chi connectivity index (χ1n) is 5.58. The second-order valence-corrected chi connectivity index (χ2v) is 4.76. The molecule has 19 heavy (non-hydrogen) atoms. The van der Waals surface area contributed by atoms with E-state index in [0.717, 1.165) is 11.3 Å². The van der Waals surface area contributed by atoms with E-state index in [-0.39, 0.29) is 6.42 Å². The summed E-state index contributed by atoms with van der Waals surface area (Å²) in [6, 6.07) is 12.9. The minimum Gasteiger partial charge on any atom is -0.398 e. The zero-order valence-corrected chi connectivity index (χ0v) is 11.5. The number of nitrogens with zero attached hydrogens (tertiary/aromatic N) is 1. The summed E-state index contributed by atoms with van der Waals surface area (Å²) in [6.07, 6.45) is 0.268. The number of nitrogens with one attached hydrogen (secondary N) is 1. The molecule has 3 N–H and O–H groups in total. The van der Waals surface area contributed by atoms with E-state index in [0.29, 0.717) is 21.4 Å². The molecule has 0 heterocycles. The van der Waals surface area contributed by atoms with Gasteiger partial charge in [-0.2, -0.15) is 5.26 Å². The molecule has 0 aromatic heterocycles. The van der Waals surface area contributed by atoms with E-state index in [2.05, 4.69) is 11.4 Å². The predicted molar refractivity (Wildman–Crippen MR) is 79.9 cm³/mol. The molecule has 0 fully saturated rings. The number of hydrogen-bond acceptors (Lipinski definition) is 3. The SMILES string of the molecule is N#CCc1cc(Nc2cccc(Cl)c2Cl)ccc1N. The molecule has 2 aromatic rings. The van der Waals surface area contributed by atoms with E-state index in [4.69, 9.17) is 34.2 Å². The van der Waals surface area contributed by atoms with Crippen LogP contribution in [-0.2, 0) is 6.42 Å². The summed E-state index contributed by atoms with van der Waals surface area (Å²) >= 11 is 12.1. The van der Waals surface area contributed by atoms with Crippen molar-refractivity contribution < 1.29 is 0 Å². The van der Waals surface area contributed by atoms with Crippen LogP contribution in [0.2, 0.25) is 10.0 Å². The highest BCUT2D eigenvalue weighted by atomic mass is 35.5. The Hall–Kier alpha value is -1.89. The third-order valence-corrected chi connectivity index (χ3v) is 3.46. The van der Waals surface area contributed by atoms with Gasteiger partial charge in [0.15, 0.2) is 0 Å². The van der Waals surface area contributed by atoms with Crippen molar-refractivity contribution in [3.63, 3.8) is 0 Å². The lowest BCUT2D eigenvalue weighted by atomic mass is 10.1. The number of hydrogen-bond donors (Lipinski definition) is 2. The van der Waals surface area contributed by atoms with Gasteiger partial charge in [-0.25, -0.2) is 0 Å². The molecule has 0 spiro atoms. The van der Waals surface area contributed by atoms with Gasteiger partial charge < -0.3 is 11.1 Å². The maximum Gasteiger partial charge on any atom is 0.0827 e. The maximum atomic E-state index is 8.74. The topological polar surface area (TPSA) is 61.8 Å². The Bertz CT molecular complexity index is 648. The average molecular weight is 292 g/mol. The van der Waals surface area contributed by atoms with Crippen LogP contribution in [0.25, 0.3) is 0 Å². The fourth-order valence-electron chi connectivity index (χ4n) is 1.68. The van der Waals surface area contributed by atoms with E-state index < -0.39 is 0 Å². The smallest absolute Gasteiger partial charge is 0.0827 e. The summed E-state index contributed by atoms with van der Waals surface area (Å²) < 4.78 is 0. The summed E-state index contributed by atoms with van der Waals surface area (Å²) in [5.41, 5.74) is 8.70. The highest BCUT2D eigenvalue weighted by Crippen LogP contribution is 2.32. The Morgan fingerprint density at radius 1 is 1.21 bits per heavy atom. The summed E-state index contributed by atoms with van der Waals surface area (Å²) in [5.74, 6) is 0. The van der Waals surface area contributed by atoms with Crippen LogP contribution >= 0.6 is 23.2 Å². The Balaban J connectivity index is 2.31. The van der Waals surface area contributed by atoms with E-state index in [1.54, 1.807) is 12.1 Å². The molecule has 0 aliphatic carbocycles. The van der Waals surface area contributed by atoms with Crippen LogP contribution in [-0.4, -0.2) is 0 Å². The molecule has 0 radical (unpaired) electrons. The van der Waals surface area contributed by atoms with Crippen molar-refractivity contribution in [3.8, 4) is 6.07 Å². The summed E-state index contributed by atoms with van der Waals surface area (Å²) in [7, 11) is 0. The van der Waals surface area contributed by atoms with Crippen molar-refractivity contribution in [2.24, 2.45) is 0 Å². The van der Waals surface area contributed by atoms with E-state index >= 15 is 0 Å². The third kappa shape index (κ3) is 3.11. The number of nitrogen functional groups attached to an aromatic ring is 1. The quantitative estimate of drug-likeness (QED) is 0.825. The minimum atomic E-state index is 0.268. The second kappa shape index (κ2) is 5.83. The molecular weight excluding hydrogens is 281 g/mol. The van der Waals surface area contributed by atoms with Crippen LogP contribution in [0.1, 0.15) is 5.56 Å². The number of halogens is 2. The van der Waals surface area contributed by atoms with Gasteiger partial charge in [-0.05, 0) is 35.9 Å². The van der Waals surface area contributed by atoms with Crippen LogP contribution in [0, 0.1) is 11.3 Å². The maximum absolute atomic E-state index is 8.74. The number of nitriles is 1. The van der Waals surface area contributed by atoms with Crippen LogP contribution < -0.4 is 11.1 Å². The molecule has 0 aliphatic heterocycles. The lowest BCUT2D eigenvalue weighted by Gasteiger charge is -2.11. The molecule has 2 rings (SSSR count). The number of rotatable bonds is 3. The zero-order valence-electron chi connectivity index (χ0n) is 9.95. The van der Waals surface area contributed by atoms with Crippen molar-refractivity contribution in [1.82, 2.24) is 0 Å². The highest BCUT2D eigenvalue weighted by Gasteiger charge is 2.06. The molecule has 0 aliphatic rings. The fourth-order valence-corrected chi connectivity index (χ4v) is 2.03. The molecule has 3 nitrogen and oxygen atoms in total. The van der Waals surface area contributed by atoms with Gasteiger partial charge in [0, 0.05) is 11.4 Å². The molecular formula is C14H11Cl2N3. The Kier molecular flexibility index (Phi) is 4.16. The summed E-state index contributed by atoms with van der Waals surface area (Å²) in [5, 5.41) is 12.8. The van der Waals surface area contributed by atoms with Crippen molar-refractivity contribution in [3.05, 3.63) is 52.0 Å². The van der Waals surface area contributed by atoms with Crippen molar-refractivity contribution >= 4 is 40.3 Å². The molecule has 0 unspecified atom stereocenters. The standard InChI is InChI=1S/C14H11Cl2N3/c15-11-2-1-3-13(14(11)16)19-10-4-5-12(18)9(8-10)6-7-17/h1-5,8,19H,6,18H2. The predicted octanol–water partition coefficient (Wildman–Crippen LogP) is 4.39. The van der Waals surface area contributed by atoms with Crippen molar-refractivity contribution in [2.75, 3.05) is 11.1 Å². The highest BCUT2D eigenvalue weighted by molar-refractivity contribution is 6.43. The van der Waals surface area contributed by atoms with Gasteiger partial charge >= 0.3 is 0 Å². The molecule has 0 amide bonds. The number of nitrogens with two attached hydrogens (primary N) is 1. The molecule has 0 saturated heterocycles. The van der Waals surface area contributed by atoms with E-state index in [1.807, 2.05) is 24.3 Å². The van der Waals surface area contributed by atoms with Gasteiger partial charge in [0.2, 0.25) is 0 Å². The second-order valence-electron chi connectivity index (χ2n) is 3.97. The normalized spacial score (nSPS) is 9.95. The Morgan fingerprint density at radius 3 is 2.74 bits per heavy atom. The largest absolute Gasteiger partial charge is 0.398 e. The van der Waals surface area contributed by atoms with Crippen LogP contribution in [0.5, 0.6) is 0 Å². The van der Waals surface area contributed by atoms with Crippen LogP contribution in [0.3, 0.4) is 0 Å². The fraction of sp³-hybridized carbons (Fsp3) is 0.0714. The molecule has 96 valence electrons. The molecule has 0 bridgehead atoms. The lowest BCUT2D eigenvalue weighted by Crippen LogP contribution is -1.97. The van der Waals surface area contributed by atoms with Gasteiger partial charge in [0.1, 0.15) is 0 Å². The van der Waals surface area contributed by atoms with Crippen LogP contribution in [0.4, 0.5) is 17.1 Å². The number of benzene rings is 2. The summed E-state index contributed by atoms with van der Waals surface area (Å²) in [6.45, 7) is 0. The lowest BCUT2D eigenvalue weighted by molar-refractivity contribution is 1.27. The van der Waals surface area contributed by atoms with Crippen molar-refractivity contribution in [1.29, 1.82) is 5.26 Å². The van der Waals surface area contributed by atoms with Gasteiger partial charge in [0.05, 0.1) is 28.2 Å². The number of anilines is 3. The Morgan fingerprint density at radius 2 is 2.00 bits per heavy atom. The van der Waals surface area contributed by atoms with Crippen LogP contribution in [0.15, 0.2) is 36.4 Å². The molecule has 0 atom stereocenters. The van der Waals surface area contributed by atoms with Gasteiger partial charge in [-0.3, -0.25) is 0 Å². The van der Waals surface area contributed by atoms with E-state index in [1.165, 1.54) is 0 Å². The summed E-state index contributed by atoms with van der Waals surface area (Å²) in [4.78, 5) is 0. The molecule has 0 saturated carbocycles. The Labute approximate surface area is 121 Å². The van der Waals surface area contributed by atoms with Crippen molar-refractivity contribution in [2.45, 2.75) is 6.42 Å². The first-order valence-corrected chi connectivity index (χ1v) is 6.34. The van der Waals surface area contributed by atoms with Gasteiger partial charge in [-0.15, -0.1) is 0 Å². The zero-order chi connectivity index (χ0) is 13.8.